The molecule has 4 heteroatoms. The van der Waals surface area contributed by atoms with Crippen LogP contribution >= 0.6 is 0 Å². The summed E-state index contributed by atoms with van der Waals surface area (Å²) in [4.78, 5) is 3.12. The molecule has 0 aliphatic rings. The highest BCUT2D eigenvalue weighted by atomic mass is 16.3. The van der Waals surface area contributed by atoms with Crippen LogP contribution in [-0.4, -0.2) is 28.4 Å². The first-order valence-corrected chi connectivity index (χ1v) is 5.94. The predicted molar refractivity (Wildman–Crippen MR) is 71.2 cm³/mol. The second-order valence-electron chi connectivity index (χ2n) is 4.42. The molecule has 1 unspecified atom stereocenters. The van der Waals surface area contributed by atoms with Crippen molar-refractivity contribution >= 4 is 5.69 Å². The fourth-order valence-corrected chi connectivity index (χ4v) is 2.31. The molecular weight excluding hydrogens is 228 g/mol. The number of hydrogen-bond donors (Lipinski definition) is 4. The van der Waals surface area contributed by atoms with Crippen molar-refractivity contribution in [1.29, 1.82) is 0 Å². The first-order valence-electron chi connectivity index (χ1n) is 5.94. The van der Waals surface area contributed by atoms with Crippen molar-refractivity contribution in [3.63, 3.8) is 0 Å². The number of aromatic nitrogens is 1. The fraction of sp³-hybridized carbons (Fsp3) is 0.286. The Hall–Kier alpha value is -1.78. The Labute approximate surface area is 106 Å². The van der Waals surface area contributed by atoms with Crippen LogP contribution in [-0.2, 0) is 5.41 Å². The molecule has 0 spiro atoms. The Bertz CT molecular complexity index is 479. The maximum absolute atomic E-state index is 9.84. The van der Waals surface area contributed by atoms with Crippen molar-refractivity contribution in [2.75, 3.05) is 18.9 Å². The number of benzene rings is 1. The molecule has 0 radical (unpaired) electrons. The third-order valence-corrected chi connectivity index (χ3v) is 3.39. The molecule has 5 N–H and O–H groups in total. The standard InChI is InChI=1S/C14H18N2O2/c15-12-5-3-11(4-6-12)14(10-18,7-9-17)13-2-1-8-16-13/h1-6,8,16-18H,7,9-10,15H2. The lowest BCUT2D eigenvalue weighted by molar-refractivity contribution is 0.174. The first kappa shape index (κ1) is 12.7. The van der Waals surface area contributed by atoms with E-state index in [2.05, 4.69) is 4.98 Å². The van der Waals surface area contributed by atoms with Crippen molar-refractivity contribution in [1.82, 2.24) is 4.98 Å². The quantitative estimate of drug-likeness (QED) is 0.599. The van der Waals surface area contributed by atoms with Gasteiger partial charge in [0.05, 0.1) is 12.0 Å². The Morgan fingerprint density at radius 1 is 1.11 bits per heavy atom. The minimum Gasteiger partial charge on any atom is -0.399 e. The van der Waals surface area contributed by atoms with Crippen LogP contribution in [0.4, 0.5) is 5.69 Å². The van der Waals surface area contributed by atoms with E-state index >= 15 is 0 Å². The molecule has 0 amide bonds. The lowest BCUT2D eigenvalue weighted by atomic mass is 9.75. The summed E-state index contributed by atoms with van der Waals surface area (Å²) >= 11 is 0. The van der Waals surface area contributed by atoms with E-state index in [0.717, 1.165) is 11.3 Å². The topological polar surface area (TPSA) is 82.3 Å². The highest BCUT2D eigenvalue weighted by Crippen LogP contribution is 2.34. The molecule has 1 aromatic heterocycles. The highest BCUT2D eigenvalue weighted by Gasteiger charge is 2.34. The van der Waals surface area contributed by atoms with Crippen molar-refractivity contribution in [2.45, 2.75) is 11.8 Å². The summed E-state index contributed by atoms with van der Waals surface area (Å²) < 4.78 is 0. The maximum Gasteiger partial charge on any atom is 0.0605 e. The predicted octanol–water partition coefficient (Wildman–Crippen LogP) is 1.26. The number of aliphatic hydroxyl groups is 2. The molecule has 0 aliphatic heterocycles. The van der Waals surface area contributed by atoms with Gasteiger partial charge in [-0.2, -0.15) is 0 Å². The van der Waals surface area contributed by atoms with Gasteiger partial charge in [-0.05, 0) is 36.2 Å². The molecular formula is C14H18N2O2. The molecule has 2 rings (SSSR count). The Morgan fingerprint density at radius 2 is 1.83 bits per heavy atom. The van der Waals surface area contributed by atoms with Gasteiger partial charge >= 0.3 is 0 Å². The van der Waals surface area contributed by atoms with E-state index in [4.69, 9.17) is 5.73 Å². The Morgan fingerprint density at radius 3 is 2.33 bits per heavy atom. The number of nitrogens with two attached hydrogens (primary N) is 1. The number of aromatic amines is 1. The van der Waals surface area contributed by atoms with Crippen LogP contribution < -0.4 is 5.73 Å². The number of hydrogen-bond acceptors (Lipinski definition) is 3. The van der Waals surface area contributed by atoms with Gasteiger partial charge in [0.1, 0.15) is 0 Å². The van der Waals surface area contributed by atoms with Crippen molar-refractivity contribution < 1.29 is 10.2 Å². The second kappa shape index (κ2) is 5.25. The van der Waals surface area contributed by atoms with Gasteiger partial charge in [0.25, 0.3) is 0 Å². The van der Waals surface area contributed by atoms with E-state index in [1.807, 2.05) is 30.5 Å². The highest BCUT2D eigenvalue weighted by molar-refractivity contribution is 5.44. The molecule has 0 saturated heterocycles. The molecule has 96 valence electrons. The fourth-order valence-electron chi connectivity index (χ4n) is 2.31. The van der Waals surface area contributed by atoms with Crippen LogP contribution in [0.1, 0.15) is 17.7 Å². The monoisotopic (exact) mass is 246 g/mol. The van der Waals surface area contributed by atoms with Gasteiger partial charge in [-0.25, -0.2) is 0 Å². The average molecular weight is 246 g/mol. The van der Waals surface area contributed by atoms with E-state index in [-0.39, 0.29) is 13.2 Å². The van der Waals surface area contributed by atoms with Gasteiger partial charge in [0, 0.05) is 24.2 Å². The smallest absolute Gasteiger partial charge is 0.0605 e. The van der Waals surface area contributed by atoms with E-state index in [1.54, 1.807) is 12.1 Å². The third-order valence-electron chi connectivity index (χ3n) is 3.39. The van der Waals surface area contributed by atoms with Crippen molar-refractivity contribution in [2.24, 2.45) is 0 Å². The zero-order valence-corrected chi connectivity index (χ0v) is 10.1. The lowest BCUT2D eigenvalue weighted by Gasteiger charge is -2.31. The minimum absolute atomic E-state index is 0.00393. The maximum atomic E-state index is 9.84. The number of aliphatic hydroxyl groups excluding tert-OH is 2. The summed E-state index contributed by atoms with van der Waals surface area (Å²) in [5, 5.41) is 19.1. The van der Waals surface area contributed by atoms with Gasteiger partial charge < -0.3 is 20.9 Å². The number of H-pyrrole nitrogens is 1. The van der Waals surface area contributed by atoms with Gasteiger partial charge in [0.2, 0.25) is 0 Å². The molecule has 2 aromatic rings. The van der Waals surface area contributed by atoms with Crippen molar-refractivity contribution in [3.8, 4) is 0 Å². The van der Waals surface area contributed by atoms with E-state index in [9.17, 15) is 10.2 Å². The van der Waals surface area contributed by atoms with Gasteiger partial charge in [0.15, 0.2) is 0 Å². The third kappa shape index (κ3) is 2.12. The van der Waals surface area contributed by atoms with E-state index < -0.39 is 5.41 Å². The van der Waals surface area contributed by atoms with E-state index in [0.29, 0.717) is 12.1 Å². The summed E-state index contributed by atoms with van der Waals surface area (Å²) in [5.41, 5.74) is 7.59. The molecule has 0 bridgehead atoms. The number of rotatable bonds is 5. The summed E-state index contributed by atoms with van der Waals surface area (Å²) in [7, 11) is 0. The molecule has 1 heterocycles. The molecule has 0 fully saturated rings. The Kier molecular flexibility index (Phi) is 3.69. The van der Waals surface area contributed by atoms with Crippen molar-refractivity contribution in [3.05, 3.63) is 53.9 Å². The molecule has 1 aromatic carbocycles. The van der Waals surface area contributed by atoms with Gasteiger partial charge in [-0.1, -0.05) is 12.1 Å². The summed E-state index contributed by atoms with van der Waals surface area (Å²) in [6.07, 6.45) is 2.27. The van der Waals surface area contributed by atoms with E-state index in [1.165, 1.54) is 0 Å². The first-order chi connectivity index (χ1) is 8.73. The van der Waals surface area contributed by atoms with Crippen LogP contribution in [0.25, 0.3) is 0 Å². The van der Waals surface area contributed by atoms with Crippen LogP contribution in [0, 0.1) is 0 Å². The number of nitrogen functional groups attached to an aromatic ring is 1. The number of anilines is 1. The molecule has 1 atom stereocenters. The second-order valence-corrected chi connectivity index (χ2v) is 4.42. The molecule has 4 nitrogen and oxygen atoms in total. The van der Waals surface area contributed by atoms with Gasteiger partial charge in [-0.3, -0.25) is 0 Å². The minimum atomic E-state index is -0.605. The van der Waals surface area contributed by atoms with Crippen LogP contribution in [0.5, 0.6) is 0 Å². The van der Waals surface area contributed by atoms with Crippen LogP contribution in [0.3, 0.4) is 0 Å². The number of nitrogens with one attached hydrogen (secondary N) is 1. The van der Waals surface area contributed by atoms with Crippen LogP contribution in [0.2, 0.25) is 0 Å². The Balaban J connectivity index is 2.50. The molecule has 18 heavy (non-hydrogen) atoms. The zero-order chi connectivity index (χ0) is 13.0. The summed E-state index contributed by atoms with van der Waals surface area (Å²) in [6, 6.07) is 11.2. The lowest BCUT2D eigenvalue weighted by Crippen LogP contribution is -2.33. The van der Waals surface area contributed by atoms with Gasteiger partial charge in [-0.15, -0.1) is 0 Å². The SMILES string of the molecule is Nc1ccc(C(CO)(CCO)c2ccc[nH]2)cc1. The summed E-state index contributed by atoms with van der Waals surface area (Å²) in [5.74, 6) is 0. The summed E-state index contributed by atoms with van der Waals surface area (Å²) in [6.45, 7) is -0.0675. The molecule has 0 aliphatic carbocycles. The molecule has 0 saturated carbocycles. The largest absolute Gasteiger partial charge is 0.399 e. The zero-order valence-electron chi connectivity index (χ0n) is 10.1. The average Bonchev–Trinajstić information content (AvgIpc) is 2.91. The van der Waals surface area contributed by atoms with Crippen LogP contribution in [0.15, 0.2) is 42.6 Å². The normalized spacial score (nSPS) is 14.3.